The number of aromatic nitrogens is 3. The Balaban J connectivity index is 1.09. The van der Waals surface area contributed by atoms with Crippen LogP contribution in [0, 0.1) is 23.7 Å². The molecule has 258 valence electrons. The van der Waals surface area contributed by atoms with E-state index in [0.29, 0.717) is 11.8 Å². The molecule has 0 aliphatic rings. The summed E-state index contributed by atoms with van der Waals surface area (Å²) in [5.41, 5.74) is 11.2. The number of benzene rings is 5. The quantitative estimate of drug-likeness (QED) is 0.175. The van der Waals surface area contributed by atoms with Crippen LogP contribution in [0.2, 0.25) is 0 Å². The van der Waals surface area contributed by atoms with Crippen LogP contribution < -0.4 is 0 Å². The molecule has 0 radical (unpaired) electrons. The smallest absolute Gasteiger partial charge is 0.248 e. The highest BCUT2D eigenvalue weighted by Gasteiger charge is 2.21. The van der Waals surface area contributed by atoms with E-state index in [1.807, 2.05) is 36.4 Å². The molecule has 7 aromatic rings. The van der Waals surface area contributed by atoms with Crippen molar-refractivity contribution in [2.75, 3.05) is 0 Å². The second-order valence-corrected chi connectivity index (χ2v) is 16.7. The van der Waals surface area contributed by atoms with Gasteiger partial charge in [0.25, 0.3) is 0 Å². The highest BCUT2D eigenvalue weighted by atomic mass is 16.4. The fourth-order valence-electron chi connectivity index (χ4n) is 6.40. The van der Waals surface area contributed by atoms with Gasteiger partial charge in [0.2, 0.25) is 11.8 Å². The minimum atomic E-state index is 0.0662. The maximum Gasteiger partial charge on any atom is 0.248 e. The summed E-state index contributed by atoms with van der Waals surface area (Å²) in [6.07, 6.45) is 0. The van der Waals surface area contributed by atoms with Crippen molar-refractivity contribution in [3.8, 4) is 52.3 Å². The van der Waals surface area contributed by atoms with Gasteiger partial charge in [-0.2, -0.15) is 0 Å². The third kappa shape index (κ3) is 7.03. The van der Waals surface area contributed by atoms with Gasteiger partial charge in [0.15, 0.2) is 0 Å². The average Bonchev–Trinajstić information content (AvgIpc) is 3.73. The van der Waals surface area contributed by atoms with Crippen LogP contribution in [-0.2, 0) is 16.2 Å². The first-order valence-corrected chi connectivity index (χ1v) is 17.9. The van der Waals surface area contributed by atoms with Crippen molar-refractivity contribution >= 4 is 21.8 Å². The summed E-state index contributed by atoms with van der Waals surface area (Å²) in [6.45, 7) is 20.2. The van der Waals surface area contributed by atoms with Crippen molar-refractivity contribution in [2.45, 2.75) is 78.6 Å². The molecule has 52 heavy (non-hydrogen) atoms. The fraction of sp³-hybridized carbons (Fsp3) is 0.250. The van der Waals surface area contributed by atoms with Crippen LogP contribution in [0.4, 0.5) is 0 Å². The number of nitrogens with zero attached hydrogens (tertiary/aromatic N) is 3. The zero-order chi connectivity index (χ0) is 36.8. The molecule has 0 fully saturated rings. The van der Waals surface area contributed by atoms with Gasteiger partial charge in [-0.25, -0.2) is 0 Å². The fourth-order valence-corrected chi connectivity index (χ4v) is 6.40. The van der Waals surface area contributed by atoms with Crippen molar-refractivity contribution in [3.05, 3.63) is 137 Å². The third-order valence-electron chi connectivity index (χ3n) is 9.65. The van der Waals surface area contributed by atoms with Crippen LogP contribution in [0.5, 0.6) is 0 Å². The van der Waals surface area contributed by atoms with Gasteiger partial charge in [-0.05, 0) is 130 Å². The summed E-state index contributed by atoms with van der Waals surface area (Å²) in [5.74, 6) is 13.4. The van der Waals surface area contributed by atoms with Crippen LogP contribution in [0.1, 0.15) is 90.1 Å². The van der Waals surface area contributed by atoms with E-state index < -0.39 is 0 Å². The summed E-state index contributed by atoms with van der Waals surface area (Å²) < 4.78 is 8.36. The van der Waals surface area contributed by atoms with Crippen molar-refractivity contribution in [1.82, 2.24) is 14.8 Å². The second-order valence-electron chi connectivity index (χ2n) is 16.7. The number of fused-ring (bicyclic) bond motifs is 3. The minimum absolute atomic E-state index is 0.0662. The van der Waals surface area contributed by atoms with Crippen LogP contribution >= 0.6 is 0 Å². The minimum Gasteiger partial charge on any atom is -0.416 e. The van der Waals surface area contributed by atoms with Crippen molar-refractivity contribution in [3.63, 3.8) is 0 Å². The first kappa shape index (κ1) is 34.6. The zero-order valence-electron chi connectivity index (χ0n) is 31.6. The van der Waals surface area contributed by atoms with E-state index in [0.717, 1.165) is 27.9 Å². The van der Waals surface area contributed by atoms with Gasteiger partial charge in [-0.15, -0.1) is 10.2 Å². The summed E-state index contributed by atoms with van der Waals surface area (Å²) in [6, 6.07) is 38.3. The highest BCUT2D eigenvalue weighted by Crippen LogP contribution is 2.37. The van der Waals surface area contributed by atoms with Gasteiger partial charge in [-0.3, -0.25) is 0 Å². The van der Waals surface area contributed by atoms with E-state index in [4.69, 9.17) is 4.42 Å². The molecule has 0 saturated carbocycles. The van der Waals surface area contributed by atoms with Crippen LogP contribution in [0.15, 0.2) is 114 Å². The first-order chi connectivity index (χ1) is 24.6. The lowest BCUT2D eigenvalue weighted by Crippen LogP contribution is -2.10. The van der Waals surface area contributed by atoms with Gasteiger partial charge in [-0.1, -0.05) is 98.4 Å². The first-order valence-electron chi connectivity index (χ1n) is 17.9. The Kier molecular flexibility index (Phi) is 8.68. The molecule has 7 rings (SSSR count). The summed E-state index contributed by atoms with van der Waals surface area (Å²) >= 11 is 0. The average molecular weight is 680 g/mol. The standard InChI is InChI=1S/C48H45N3O/c1-46(2,3)36-22-20-35(21-23-36)45-50-49-44(52-45)34-18-14-32(15-19-34)12-10-11-13-33-16-26-39(27-17-33)51-42-28-24-37(47(4,5)6)30-40(42)41-31-38(48(7,8)9)25-29-43(41)51/h14-31H,1-9H3. The molecule has 4 nitrogen and oxygen atoms in total. The molecule has 0 saturated heterocycles. The summed E-state index contributed by atoms with van der Waals surface area (Å²) in [5, 5.41) is 11.1. The molecular weight excluding hydrogens is 635 g/mol. The predicted molar refractivity (Wildman–Crippen MR) is 216 cm³/mol. The molecule has 0 aliphatic carbocycles. The molecule has 5 aromatic carbocycles. The van der Waals surface area contributed by atoms with Crippen molar-refractivity contribution in [1.29, 1.82) is 0 Å². The Morgan fingerprint density at radius 3 is 1.27 bits per heavy atom. The van der Waals surface area contributed by atoms with E-state index in [2.05, 4.69) is 174 Å². The molecule has 4 heteroatoms. The number of hydrogen-bond donors (Lipinski definition) is 0. The largest absolute Gasteiger partial charge is 0.416 e. The molecule has 0 bridgehead atoms. The van der Waals surface area contributed by atoms with E-state index >= 15 is 0 Å². The lowest BCUT2D eigenvalue weighted by Gasteiger charge is -2.19. The predicted octanol–water partition coefficient (Wildman–Crippen LogP) is 11.8. The highest BCUT2D eigenvalue weighted by molar-refractivity contribution is 6.09. The van der Waals surface area contributed by atoms with Crippen LogP contribution in [0.3, 0.4) is 0 Å². The van der Waals surface area contributed by atoms with Crippen molar-refractivity contribution in [2.24, 2.45) is 0 Å². The molecule has 0 spiro atoms. The molecule has 0 aliphatic heterocycles. The molecule has 0 amide bonds. The van der Waals surface area contributed by atoms with Crippen molar-refractivity contribution < 1.29 is 4.42 Å². The Bertz CT molecular complexity index is 2470. The summed E-state index contributed by atoms with van der Waals surface area (Å²) in [4.78, 5) is 0. The lowest BCUT2D eigenvalue weighted by molar-refractivity contribution is 0.582. The van der Waals surface area contributed by atoms with Crippen LogP contribution in [-0.4, -0.2) is 14.8 Å². The molecule has 0 atom stereocenters. The normalized spacial score (nSPS) is 12.0. The molecule has 0 unspecified atom stereocenters. The molecule has 2 heterocycles. The molecule has 0 N–H and O–H groups in total. The van der Waals surface area contributed by atoms with E-state index in [9.17, 15) is 0 Å². The van der Waals surface area contributed by atoms with E-state index in [-0.39, 0.29) is 16.2 Å². The monoisotopic (exact) mass is 679 g/mol. The Labute approximate surface area is 307 Å². The van der Waals surface area contributed by atoms with Gasteiger partial charge in [0, 0.05) is 38.7 Å². The molecule has 2 aromatic heterocycles. The van der Waals surface area contributed by atoms with Gasteiger partial charge in [0.1, 0.15) is 0 Å². The summed E-state index contributed by atoms with van der Waals surface area (Å²) in [7, 11) is 0. The van der Waals surface area contributed by atoms with Gasteiger partial charge >= 0.3 is 0 Å². The van der Waals surface area contributed by atoms with E-state index in [1.165, 1.54) is 38.5 Å². The molecular formula is C48H45N3O. The Morgan fingerprint density at radius 1 is 0.462 bits per heavy atom. The van der Waals surface area contributed by atoms with Gasteiger partial charge < -0.3 is 8.98 Å². The lowest BCUT2D eigenvalue weighted by atomic mass is 9.85. The second kappa shape index (κ2) is 13.0. The third-order valence-corrected chi connectivity index (χ3v) is 9.65. The van der Waals surface area contributed by atoms with E-state index in [1.54, 1.807) is 0 Å². The number of hydrogen-bond acceptors (Lipinski definition) is 3. The van der Waals surface area contributed by atoms with Crippen LogP contribution in [0.25, 0.3) is 50.4 Å². The topological polar surface area (TPSA) is 43.9 Å². The Hall–Kier alpha value is -5.84. The maximum atomic E-state index is 5.99. The Morgan fingerprint density at radius 2 is 0.846 bits per heavy atom. The zero-order valence-corrected chi connectivity index (χ0v) is 31.6. The maximum absolute atomic E-state index is 5.99. The van der Waals surface area contributed by atoms with Gasteiger partial charge in [0.05, 0.1) is 11.0 Å². The number of rotatable bonds is 3. The SMILES string of the molecule is CC(C)(C)c1ccc(-c2nnc(-c3ccc(C#CC#Cc4ccc(-n5c6ccc(C(C)(C)C)cc6c6cc(C(C)(C)C)ccc65)cc4)cc3)o2)cc1.